The van der Waals surface area contributed by atoms with Gasteiger partial charge in [0.05, 0.1) is 11.4 Å². The molecule has 0 radical (unpaired) electrons. The Bertz CT molecular complexity index is 913. The molecule has 1 heterocycles. The van der Waals surface area contributed by atoms with Gasteiger partial charge in [-0.15, -0.1) is 0 Å². The van der Waals surface area contributed by atoms with E-state index >= 15 is 0 Å². The SMILES string of the molecule is C/C(=N\NC(=O)c1cccc(N(C)C)c1)c1ccc(-n2cncn2)cc1. The zero-order chi connectivity index (χ0) is 18.5. The maximum Gasteiger partial charge on any atom is 0.271 e. The zero-order valence-corrected chi connectivity index (χ0v) is 14.9. The summed E-state index contributed by atoms with van der Waals surface area (Å²) in [7, 11) is 3.87. The minimum absolute atomic E-state index is 0.243. The summed E-state index contributed by atoms with van der Waals surface area (Å²) in [6.07, 6.45) is 3.12. The Labute approximate surface area is 152 Å². The second-order valence-corrected chi connectivity index (χ2v) is 5.97. The maximum absolute atomic E-state index is 12.3. The van der Waals surface area contributed by atoms with E-state index in [9.17, 15) is 4.79 Å². The summed E-state index contributed by atoms with van der Waals surface area (Å²) in [5.74, 6) is -0.243. The standard InChI is InChI=1S/C19H20N6O/c1-14(15-7-9-17(10-8-15)25-13-20-12-21-25)22-23-19(26)16-5-4-6-18(11-16)24(2)3/h4-13H,1-3H3,(H,23,26)/b22-14+. The first kappa shape index (κ1) is 17.3. The number of nitrogens with zero attached hydrogens (tertiary/aromatic N) is 5. The van der Waals surface area contributed by atoms with Gasteiger partial charge in [-0.2, -0.15) is 10.2 Å². The molecule has 26 heavy (non-hydrogen) atoms. The molecule has 2 aromatic carbocycles. The lowest BCUT2D eigenvalue weighted by Gasteiger charge is -2.13. The predicted molar refractivity (Wildman–Crippen MR) is 102 cm³/mol. The first-order chi connectivity index (χ1) is 12.5. The molecule has 7 heteroatoms. The number of rotatable bonds is 5. The Hall–Kier alpha value is -3.48. The Morgan fingerprint density at radius 2 is 1.88 bits per heavy atom. The lowest BCUT2D eigenvalue weighted by atomic mass is 10.1. The van der Waals surface area contributed by atoms with Crippen molar-refractivity contribution in [3.63, 3.8) is 0 Å². The van der Waals surface area contributed by atoms with E-state index in [1.165, 1.54) is 6.33 Å². The molecule has 0 fully saturated rings. The molecule has 1 aromatic heterocycles. The number of carbonyl (C=O) groups excluding carboxylic acids is 1. The fourth-order valence-electron chi connectivity index (χ4n) is 2.39. The predicted octanol–water partition coefficient (Wildman–Crippen LogP) is 2.49. The second kappa shape index (κ2) is 7.60. The molecule has 0 aliphatic rings. The summed E-state index contributed by atoms with van der Waals surface area (Å²) in [4.78, 5) is 18.2. The third-order valence-corrected chi connectivity index (χ3v) is 3.92. The Morgan fingerprint density at radius 3 is 2.54 bits per heavy atom. The molecule has 0 aliphatic heterocycles. The van der Waals surface area contributed by atoms with Gasteiger partial charge in [-0.1, -0.05) is 18.2 Å². The van der Waals surface area contributed by atoms with E-state index in [0.29, 0.717) is 11.3 Å². The van der Waals surface area contributed by atoms with Crippen LogP contribution < -0.4 is 10.3 Å². The van der Waals surface area contributed by atoms with Crippen LogP contribution in [0.2, 0.25) is 0 Å². The number of hydrogen-bond donors (Lipinski definition) is 1. The van der Waals surface area contributed by atoms with Gasteiger partial charge in [-0.3, -0.25) is 4.79 Å². The van der Waals surface area contributed by atoms with Crippen LogP contribution >= 0.6 is 0 Å². The highest BCUT2D eigenvalue weighted by Crippen LogP contribution is 2.13. The third-order valence-electron chi connectivity index (χ3n) is 3.92. The highest BCUT2D eigenvalue weighted by Gasteiger charge is 2.07. The van der Waals surface area contributed by atoms with Gasteiger partial charge in [0.1, 0.15) is 12.7 Å². The van der Waals surface area contributed by atoms with Crippen molar-refractivity contribution in [1.29, 1.82) is 0 Å². The summed E-state index contributed by atoms with van der Waals surface area (Å²) in [5, 5.41) is 8.29. The van der Waals surface area contributed by atoms with Crippen LogP contribution in [0.25, 0.3) is 5.69 Å². The van der Waals surface area contributed by atoms with E-state index in [2.05, 4.69) is 20.6 Å². The van der Waals surface area contributed by atoms with Crippen molar-refractivity contribution in [3.8, 4) is 5.69 Å². The fourth-order valence-corrected chi connectivity index (χ4v) is 2.39. The van der Waals surface area contributed by atoms with Crippen molar-refractivity contribution in [2.75, 3.05) is 19.0 Å². The minimum Gasteiger partial charge on any atom is -0.378 e. The van der Waals surface area contributed by atoms with Gasteiger partial charge in [0.15, 0.2) is 0 Å². The highest BCUT2D eigenvalue weighted by molar-refractivity contribution is 6.01. The smallest absolute Gasteiger partial charge is 0.271 e. The molecule has 0 unspecified atom stereocenters. The van der Waals surface area contributed by atoms with Crippen LogP contribution in [0.4, 0.5) is 5.69 Å². The van der Waals surface area contributed by atoms with Crippen LogP contribution in [0.1, 0.15) is 22.8 Å². The van der Waals surface area contributed by atoms with Crippen LogP contribution in [-0.4, -0.2) is 40.5 Å². The largest absolute Gasteiger partial charge is 0.378 e. The molecule has 0 spiro atoms. The van der Waals surface area contributed by atoms with Crippen LogP contribution in [0, 0.1) is 0 Å². The molecule has 3 rings (SSSR count). The maximum atomic E-state index is 12.3. The summed E-state index contributed by atoms with van der Waals surface area (Å²) in [6.45, 7) is 1.85. The number of hydrazone groups is 1. The second-order valence-electron chi connectivity index (χ2n) is 5.97. The highest BCUT2D eigenvalue weighted by atomic mass is 16.2. The lowest BCUT2D eigenvalue weighted by molar-refractivity contribution is 0.0955. The summed E-state index contributed by atoms with van der Waals surface area (Å²) in [5.41, 5.74) is 6.67. The van der Waals surface area contributed by atoms with Crippen molar-refractivity contribution in [3.05, 3.63) is 72.3 Å². The van der Waals surface area contributed by atoms with Crippen molar-refractivity contribution in [2.45, 2.75) is 6.92 Å². The molecule has 7 nitrogen and oxygen atoms in total. The number of benzene rings is 2. The van der Waals surface area contributed by atoms with Gasteiger partial charge >= 0.3 is 0 Å². The first-order valence-electron chi connectivity index (χ1n) is 8.12. The van der Waals surface area contributed by atoms with E-state index in [0.717, 1.165) is 16.9 Å². The number of anilines is 1. The van der Waals surface area contributed by atoms with Crippen molar-refractivity contribution in [1.82, 2.24) is 20.2 Å². The molecule has 0 saturated heterocycles. The molecular formula is C19H20N6O. The average molecular weight is 348 g/mol. The van der Waals surface area contributed by atoms with E-state index < -0.39 is 0 Å². The molecule has 0 atom stereocenters. The fraction of sp³-hybridized carbons (Fsp3) is 0.158. The number of hydrogen-bond acceptors (Lipinski definition) is 5. The van der Waals surface area contributed by atoms with Gasteiger partial charge < -0.3 is 4.90 Å². The van der Waals surface area contributed by atoms with E-state index in [4.69, 9.17) is 0 Å². The number of amides is 1. The summed E-state index contributed by atoms with van der Waals surface area (Å²) >= 11 is 0. The normalized spacial score (nSPS) is 11.3. The minimum atomic E-state index is -0.243. The van der Waals surface area contributed by atoms with Crippen LogP contribution in [-0.2, 0) is 0 Å². The summed E-state index contributed by atoms with van der Waals surface area (Å²) in [6, 6.07) is 15.1. The van der Waals surface area contributed by atoms with E-state index in [1.54, 1.807) is 17.1 Å². The van der Waals surface area contributed by atoms with E-state index in [-0.39, 0.29) is 5.91 Å². The quantitative estimate of drug-likeness (QED) is 0.568. The number of nitrogens with one attached hydrogen (secondary N) is 1. The molecule has 0 bridgehead atoms. The molecule has 1 amide bonds. The molecule has 3 aromatic rings. The Balaban J connectivity index is 1.70. The van der Waals surface area contributed by atoms with E-state index in [1.807, 2.05) is 68.4 Å². The van der Waals surface area contributed by atoms with Crippen molar-refractivity contribution < 1.29 is 4.79 Å². The Kier molecular flexibility index (Phi) is 5.07. The van der Waals surface area contributed by atoms with Crippen LogP contribution in [0.5, 0.6) is 0 Å². The lowest BCUT2D eigenvalue weighted by Crippen LogP contribution is -2.20. The van der Waals surface area contributed by atoms with Gasteiger partial charge in [0.2, 0.25) is 0 Å². The third kappa shape index (κ3) is 3.94. The first-order valence-corrected chi connectivity index (χ1v) is 8.12. The zero-order valence-electron chi connectivity index (χ0n) is 14.9. The average Bonchev–Trinajstić information content (AvgIpc) is 3.21. The van der Waals surface area contributed by atoms with Gasteiger partial charge in [-0.25, -0.2) is 15.1 Å². The monoisotopic (exact) mass is 348 g/mol. The summed E-state index contributed by atoms with van der Waals surface area (Å²) < 4.78 is 1.68. The topological polar surface area (TPSA) is 75.4 Å². The molecular weight excluding hydrogens is 328 g/mol. The molecule has 0 aliphatic carbocycles. The van der Waals surface area contributed by atoms with Gasteiger partial charge in [0.25, 0.3) is 5.91 Å². The molecule has 1 N–H and O–H groups in total. The van der Waals surface area contributed by atoms with Crippen molar-refractivity contribution >= 4 is 17.3 Å². The van der Waals surface area contributed by atoms with Gasteiger partial charge in [-0.05, 0) is 42.8 Å². The van der Waals surface area contributed by atoms with Gasteiger partial charge in [0, 0.05) is 25.3 Å². The number of carbonyl (C=O) groups is 1. The molecule has 0 saturated carbocycles. The number of aromatic nitrogens is 3. The van der Waals surface area contributed by atoms with Crippen LogP contribution in [0.3, 0.4) is 0 Å². The Morgan fingerprint density at radius 1 is 1.12 bits per heavy atom. The van der Waals surface area contributed by atoms with Crippen LogP contribution in [0.15, 0.2) is 66.3 Å². The van der Waals surface area contributed by atoms with Crippen molar-refractivity contribution in [2.24, 2.45) is 5.10 Å². The molecule has 132 valence electrons.